The van der Waals surface area contributed by atoms with Crippen molar-refractivity contribution in [3.8, 4) is 0 Å². The van der Waals surface area contributed by atoms with E-state index in [4.69, 9.17) is 19.3 Å². The number of hydrogen-bond donors (Lipinski definition) is 4. The van der Waals surface area contributed by atoms with Gasteiger partial charge in [-0.25, -0.2) is 9.59 Å². The first-order valence-corrected chi connectivity index (χ1v) is 7.31. The third kappa shape index (κ3) is 287. The molecule has 19 heavy (non-hydrogen) atoms. The maximum Gasteiger partial charge on any atom is 0.328 e. The summed E-state index contributed by atoms with van der Waals surface area (Å²) in [4.78, 5) is 19.1. The Morgan fingerprint density at radius 1 is 0.789 bits per heavy atom. The first kappa shape index (κ1) is 26.1. The number of hydrogen-bond acceptors (Lipinski definition) is 6. The fraction of sp³-hybridized carbons (Fsp3) is 0.333. The van der Waals surface area contributed by atoms with Gasteiger partial charge in [-0.3, -0.25) is 9.11 Å². The summed E-state index contributed by atoms with van der Waals surface area (Å²) in [6.07, 6.45) is 2.55. The molecule has 11 nitrogen and oxygen atoms in total. The van der Waals surface area contributed by atoms with E-state index in [9.17, 15) is 26.4 Å². The van der Waals surface area contributed by atoms with Crippen molar-refractivity contribution < 1.29 is 51.2 Å². The molecular weight excluding hydrogens is 312 g/mol. The molecule has 0 amide bonds. The van der Waals surface area contributed by atoms with Gasteiger partial charge >= 0.3 is 11.9 Å². The fourth-order valence-electron chi connectivity index (χ4n) is 0.143. The Bertz CT molecular complexity index is 421. The van der Waals surface area contributed by atoms with E-state index in [0.717, 1.165) is 0 Å². The van der Waals surface area contributed by atoms with E-state index in [1.165, 1.54) is 0 Å². The smallest absolute Gasteiger partial charge is 0.328 e. The lowest BCUT2D eigenvalue weighted by Gasteiger charge is -1.74. The van der Waals surface area contributed by atoms with Crippen molar-refractivity contribution in [3.05, 3.63) is 12.2 Å². The number of carboxylic acid groups (broad SMARTS) is 2. The van der Waals surface area contributed by atoms with Gasteiger partial charge in [-0.1, -0.05) is 0 Å². The molecule has 0 aliphatic carbocycles. The minimum atomic E-state index is -3.67. The summed E-state index contributed by atoms with van der Waals surface area (Å²) in [5, 5.41) is 15.6. The quantitative estimate of drug-likeness (QED) is 0.320. The van der Waals surface area contributed by atoms with Crippen molar-refractivity contribution in [3.63, 3.8) is 0 Å². The van der Waals surface area contributed by atoms with Crippen molar-refractivity contribution >= 4 is 32.2 Å². The molecule has 0 aromatic rings. The Morgan fingerprint density at radius 2 is 0.895 bits per heavy atom. The molecule has 0 aromatic heterocycles. The van der Waals surface area contributed by atoms with Crippen LogP contribution in [0.3, 0.4) is 0 Å². The van der Waals surface area contributed by atoms with Crippen LogP contribution in [-0.4, -0.2) is 66.1 Å². The van der Waals surface area contributed by atoms with E-state index in [-0.39, 0.29) is 5.48 Å². The van der Waals surface area contributed by atoms with Gasteiger partial charge in [0, 0.05) is 12.2 Å². The van der Waals surface area contributed by atoms with E-state index in [0.29, 0.717) is 24.7 Å². The van der Waals surface area contributed by atoms with Gasteiger partial charge in [0.05, 0.1) is 12.5 Å². The molecular formula is C6H14O11S2. The monoisotopic (exact) mass is 326 g/mol. The molecule has 13 heteroatoms. The molecule has 0 saturated heterocycles. The molecule has 6 N–H and O–H groups in total. The van der Waals surface area contributed by atoms with Crippen molar-refractivity contribution in [2.75, 3.05) is 12.5 Å². The topological polar surface area (TPSA) is 215 Å². The molecule has 0 saturated carbocycles. The van der Waals surface area contributed by atoms with Crippen LogP contribution in [0.2, 0.25) is 0 Å². The second-order valence-corrected chi connectivity index (χ2v) is 5.41. The van der Waals surface area contributed by atoms with Crippen molar-refractivity contribution in [1.82, 2.24) is 0 Å². The standard InChI is InChI=1S/C4H4O4.2CH4O3S.H2O/c5-3(6)1-2-4(7)8;2*1-5(2,3)4;/h1-2H,(H,5,6)(H,7,8);2*1H3,(H,2,3,4);1H2/b2-1-;;;. The normalized spacial score (nSPS) is 10.1. The van der Waals surface area contributed by atoms with E-state index < -0.39 is 32.2 Å². The third-order valence-electron chi connectivity index (χ3n) is 0.368. The summed E-state index contributed by atoms with van der Waals surface area (Å²) < 4.78 is 51.7. The summed E-state index contributed by atoms with van der Waals surface area (Å²) in [7, 11) is -7.33. The summed E-state index contributed by atoms with van der Waals surface area (Å²) in [5.74, 6) is -2.51. The summed E-state index contributed by atoms with van der Waals surface area (Å²) in [6, 6.07) is 0. The average molecular weight is 326 g/mol. The van der Waals surface area contributed by atoms with E-state index in [1.54, 1.807) is 0 Å². The Hall–Kier alpha value is -1.54. The molecule has 0 heterocycles. The highest BCUT2D eigenvalue weighted by Gasteiger charge is 1.88. The van der Waals surface area contributed by atoms with Gasteiger partial charge in [0.1, 0.15) is 0 Å². The van der Waals surface area contributed by atoms with Gasteiger partial charge < -0.3 is 15.7 Å². The van der Waals surface area contributed by atoms with Crippen LogP contribution in [-0.2, 0) is 29.8 Å². The molecule has 0 radical (unpaired) electrons. The van der Waals surface area contributed by atoms with E-state index in [1.807, 2.05) is 0 Å². The molecule has 0 aromatic carbocycles. The summed E-state index contributed by atoms with van der Waals surface area (Å²) in [5.41, 5.74) is 0. The van der Waals surface area contributed by atoms with Crippen molar-refractivity contribution in [2.45, 2.75) is 0 Å². The lowest BCUT2D eigenvalue weighted by atomic mass is 10.5. The second kappa shape index (κ2) is 11.5. The highest BCUT2D eigenvalue weighted by atomic mass is 32.2. The van der Waals surface area contributed by atoms with Gasteiger partial charge in [-0.05, 0) is 0 Å². The summed E-state index contributed by atoms with van der Waals surface area (Å²) in [6.45, 7) is 0. The Balaban J connectivity index is -0.0000000906. The minimum absolute atomic E-state index is 0. The minimum Gasteiger partial charge on any atom is -0.478 e. The summed E-state index contributed by atoms with van der Waals surface area (Å²) >= 11 is 0. The first-order chi connectivity index (χ1) is 7.63. The highest BCUT2D eigenvalue weighted by molar-refractivity contribution is 7.85. The Kier molecular flexibility index (Phi) is 15.9. The zero-order chi connectivity index (χ0) is 15.6. The Labute approximate surface area is 109 Å². The molecule has 0 atom stereocenters. The number of carboxylic acids is 2. The largest absolute Gasteiger partial charge is 0.478 e. The van der Waals surface area contributed by atoms with Crippen LogP contribution in [0, 0.1) is 0 Å². The maximum absolute atomic E-state index is 9.55. The van der Waals surface area contributed by atoms with Crippen LogP contribution in [0.25, 0.3) is 0 Å². The van der Waals surface area contributed by atoms with Crippen LogP contribution in [0.5, 0.6) is 0 Å². The second-order valence-electron chi connectivity index (χ2n) is 2.48. The fourth-order valence-corrected chi connectivity index (χ4v) is 0.143. The van der Waals surface area contributed by atoms with Crippen LogP contribution in [0.15, 0.2) is 12.2 Å². The molecule has 0 spiro atoms. The molecule has 0 aliphatic rings. The first-order valence-electron chi connectivity index (χ1n) is 3.61. The van der Waals surface area contributed by atoms with Crippen molar-refractivity contribution in [2.24, 2.45) is 0 Å². The van der Waals surface area contributed by atoms with E-state index in [2.05, 4.69) is 0 Å². The van der Waals surface area contributed by atoms with Gasteiger partial charge in [-0.15, -0.1) is 0 Å². The predicted octanol–water partition coefficient (Wildman–Crippen LogP) is -2.10. The van der Waals surface area contributed by atoms with Gasteiger partial charge in [0.2, 0.25) is 0 Å². The van der Waals surface area contributed by atoms with Gasteiger partial charge in [0.25, 0.3) is 20.2 Å². The number of carbonyl (C=O) groups is 2. The zero-order valence-corrected chi connectivity index (χ0v) is 11.3. The highest BCUT2D eigenvalue weighted by Crippen LogP contribution is 1.70. The molecule has 0 rings (SSSR count). The van der Waals surface area contributed by atoms with Crippen LogP contribution in [0.4, 0.5) is 0 Å². The molecule has 0 fully saturated rings. The maximum atomic E-state index is 9.55. The van der Waals surface area contributed by atoms with Crippen LogP contribution < -0.4 is 0 Å². The molecule has 116 valence electrons. The molecule has 0 bridgehead atoms. The molecule has 0 aliphatic heterocycles. The number of aliphatic carboxylic acids is 2. The van der Waals surface area contributed by atoms with Gasteiger partial charge in [-0.2, -0.15) is 16.8 Å². The predicted molar refractivity (Wildman–Crippen MR) is 63.0 cm³/mol. The van der Waals surface area contributed by atoms with Crippen LogP contribution >= 0.6 is 0 Å². The average Bonchev–Trinajstić information content (AvgIpc) is 1.93. The number of rotatable bonds is 2. The van der Waals surface area contributed by atoms with Crippen LogP contribution in [0.1, 0.15) is 0 Å². The Morgan fingerprint density at radius 3 is 0.947 bits per heavy atom. The lowest BCUT2D eigenvalue weighted by Crippen LogP contribution is -1.91. The molecule has 0 unspecified atom stereocenters. The van der Waals surface area contributed by atoms with Crippen molar-refractivity contribution in [1.29, 1.82) is 0 Å². The zero-order valence-electron chi connectivity index (χ0n) is 9.71. The van der Waals surface area contributed by atoms with Gasteiger partial charge in [0.15, 0.2) is 0 Å². The SMILES string of the molecule is CS(=O)(=O)O.CS(=O)(=O)O.O.O=C(O)/C=C\C(=O)O. The third-order valence-corrected chi connectivity index (χ3v) is 0.368. The lowest BCUT2D eigenvalue weighted by molar-refractivity contribution is -0.134. The van der Waals surface area contributed by atoms with E-state index >= 15 is 0 Å².